The van der Waals surface area contributed by atoms with Crippen molar-refractivity contribution in [2.45, 2.75) is 39.3 Å². The van der Waals surface area contributed by atoms with E-state index in [1.165, 1.54) is 17.8 Å². The number of hydrogen-bond donors (Lipinski definition) is 1. The van der Waals surface area contributed by atoms with E-state index < -0.39 is 47.2 Å². The number of nitrogens with zero attached hydrogens (tertiary/aromatic N) is 4. The fourth-order valence-electron chi connectivity index (χ4n) is 2.35. The summed E-state index contributed by atoms with van der Waals surface area (Å²) in [6.45, 7) is 3.27. The topological polar surface area (TPSA) is 91.0 Å². The number of amides is 1. The van der Waals surface area contributed by atoms with Gasteiger partial charge in [0.25, 0.3) is 12.9 Å². The quantitative estimate of drug-likeness (QED) is 0.540. The lowest BCUT2D eigenvalue weighted by Gasteiger charge is -2.15. The Balaban J connectivity index is 2.38. The summed E-state index contributed by atoms with van der Waals surface area (Å²) >= 11 is 5.59. The third kappa shape index (κ3) is 4.11. The highest BCUT2D eigenvalue weighted by Gasteiger charge is 2.32. The summed E-state index contributed by atoms with van der Waals surface area (Å²) in [5, 5.41) is 8.75. The van der Waals surface area contributed by atoms with Crippen molar-refractivity contribution in [3.63, 3.8) is 0 Å². The maximum Gasteiger partial charge on any atom is 0.360 e. The van der Waals surface area contributed by atoms with Gasteiger partial charge in [0.05, 0.1) is 17.8 Å². The second kappa shape index (κ2) is 8.59. The Morgan fingerprint density at radius 1 is 1.25 bits per heavy atom. The van der Waals surface area contributed by atoms with Crippen molar-refractivity contribution in [1.82, 2.24) is 19.6 Å². The van der Waals surface area contributed by atoms with Gasteiger partial charge in [-0.2, -0.15) is 10.2 Å². The van der Waals surface area contributed by atoms with Crippen molar-refractivity contribution in [1.29, 1.82) is 0 Å². The molecule has 0 aliphatic rings. The molecule has 2 heterocycles. The number of ether oxygens (including phenoxy) is 1. The Morgan fingerprint density at radius 2 is 1.89 bits per heavy atom. The van der Waals surface area contributed by atoms with E-state index in [0.717, 1.165) is 7.11 Å². The molecule has 28 heavy (non-hydrogen) atoms. The van der Waals surface area contributed by atoms with Gasteiger partial charge >= 0.3 is 5.97 Å². The molecule has 0 saturated carbocycles. The first-order valence-electron chi connectivity index (χ1n) is 7.93. The number of alkyl halides is 4. The molecule has 0 bridgehead atoms. The van der Waals surface area contributed by atoms with Gasteiger partial charge in [-0.05, 0) is 13.8 Å². The lowest BCUT2D eigenvalue weighted by molar-refractivity contribution is -0.119. The zero-order valence-electron chi connectivity index (χ0n) is 14.9. The number of carbonyl (C=O) groups excluding carboxylic acids is 2. The number of aryl methyl sites for hydroxylation is 1. The number of methoxy groups -OCH3 is 1. The van der Waals surface area contributed by atoms with Crippen LogP contribution in [0.15, 0.2) is 6.20 Å². The number of hydrogen-bond acceptors (Lipinski definition) is 5. The van der Waals surface area contributed by atoms with Gasteiger partial charge in [0.2, 0.25) is 5.91 Å². The van der Waals surface area contributed by atoms with Crippen LogP contribution < -0.4 is 5.32 Å². The number of anilines is 1. The third-order valence-electron chi connectivity index (χ3n) is 3.79. The molecule has 154 valence electrons. The first-order chi connectivity index (χ1) is 13.1. The first-order valence-corrected chi connectivity index (χ1v) is 8.30. The highest BCUT2D eigenvalue weighted by Crippen LogP contribution is 2.36. The molecule has 13 heteroatoms. The van der Waals surface area contributed by atoms with Crippen LogP contribution in [0.3, 0.4) is 0 Å². The van der Waals surface area contributed by atoms with Crippen molar-refractivity contribution >= 4 is 29.2 Å². The van der Waals surface area contributed by atoms with Crippen LogP contribution in [0.5, 0.6) is 0 Å². The molecule has 1 unspecified atom stereocenters. The summed E-state index contributed by atoms with van der Waals surface area (Å²) in [6, 6.07) is -1.44. The van der Waals surface area contributed by atoms with Crippen molar-refractivity contribution in [3.05, 3.63) is 28.3 Å². The Bertz CT molecular complexity index is 883. The predicted octanol–water partition coefficient (Wildman–Crippen LogP) is 3.61. The summed E-state index contributed by atoms with van der Waals surface area (Å²) in [5.74, 6) is -1.73. The minimum Gasteiger partial charge on any atom is -0.464 e. The van der Waals surface area contributed by atoms with Crippen LogP contribution in [-0.2, 0) is 16.1 Å². The summed E-state index contributed by atoms with van der Waals surface area (Å²) in [4.78, 5) is 24.3. The Hall–Kier alpha value is -2.63. The van der Waals surface area contributed by atoms with Gasteiger partial charge in [0.15, 0.2) is 5.69 Å². The molecule has 0 spiro atoms. The van der Waals surface area contributed by atoms with E-state index in [2.05, 4.69) is 20.3 Å². The summed E-state index contributed by atoms with van der Waals surface area (Å²) in [6.07, 6.45) is -5.10. The Morgan fingerprint density at radius 3 is 2.39 bits per heavy atom. The normalized spacial score (nSPS) is 12.5. The first kappa shape index (κ1) is 21.7. The van der Waals surface area contributed by atoms with Crippen LogP contribution >= 0.6 is 11.6 Å². The Kier molecular flexibility index (Phi) is 6.65. The van der Waals surface area contributed by atoms with Crippen molar-refractivity contribution in [3.8, 4) is 0 Å². The van der Waals surface area contributed by atoms with E-state index in [9.17, 15) is 27.2 Å². The highest BCUT2D eigenvalue weighted by molar-refractivity contribution is 6.32. The molecule has 0 aliphatic carbocycles. The van der Waals surface area contributed by atoms with Crippen LogP contribution in [0.1, 0.15) is 54.6 Å². The zero-order valence-corrected chi connectivity index (χ0v) is 15.7. The van der Waals surface area contributed by atoms with Crippen molar-refractivity contribution < 1.29 is 31.9 Å². The fraction of sp³-hybridized carbons (Fsp3) is 0.467. The summed E-state index contributed by atoms with van der Waals surface area (Å²) in [7, 11) is 1.12. The van der Waals surface area contributed by atoms with E-state index in [-0.39, 0.29) is 11.4 Å². The van der Waals surface area contributed by atoms with Crippen LogP contribution in [0.2, 0.25) is 5.02 Å². The number of rotatable bonds is 7. The summed E-state index contributed by atoms with van der Waals surface area (Å²) in [5.41, 5.74) is -2.29. The molecule has 2 rings (SSSR count). The maximum atomic E-state index is 13.3. The van der Waals surface area contributed by atoms with Gasteiger partial charge in [0, 0.05) is 12.7 Å². The van der Waals surface area contributed by atoms with Crippen LogP contribution in [0.4, 0.5) is 23.2 Å². The zero-order chi connectivity index (χ0) is 21.2. The second-order valence-electron chi connectivity index (χ2n) is 5.53. The number of aromatic nitrogens is 4. The monoisotopic (exact) mass is 425 g/mol. The van der Waals surface area contributed by atoms with Gasteiger partial charge in [-0.25, -0.2) is 27.0 Å². The Labute approximate surface area is 161 Å². The van der Waals surface area contributed by atoms with Crippen LogP contribution in [-0.4, -0.2) is 38.5 Å². The van der Waals surface area contributed by atoms with E-state index in [1.807, 2.05) is 0 Å². The van der Waals surface area contributed by atoms with Gasteiger partial charge in [-0.15, -0.1) is 0 Å². The van der Waals surface area contributed by atoms with Gasteiger partial charge in [-0.1, -0.05) is 11.6 Å². The SMILES string of the molecule is CCn1cc(NC(=O)C(C)n2nc(C(F)F)c(Cl)c2C(F)F)c(C(=O)OC)n1. The minimum absolute atomic E-state index is 0.0310. The highest BCUT2D eigenvalue weighted by atomic mass is 35.5. The molecule has 0 aromatic carbocycles. The molecule has 1 atom stereocenters. The molecule has 8 nitrogen and oxygen atoms in total. The van der Waals surface area contributed by atoms with E-state index >= 15 is 0 Å². The molecular formula is C15H16ClF4N5O3. The van der Waals surface area contributed by atoms with Gasteiger partial charge in [0.1, 0.15) is 17.4 Å². The molecule has 0 fully saturated rings. The lowest BCUT2D eigenvalue weighted by Crippen LogP contribution is -2.26. The average molecular weight is 426 g/mol. The molecule has 0 radical (unpaired) electrons. The fourth-order valence-corrected chi connectivity index (χ4v) is 2.64. The lowest BCUT2D eigenvalue weighted by atomic mass is 10.2. The number of halogens is 5. The van der Waals surface area contributed by atoms with E-state index in [4.69, 9.17) is 11.6 Å². The van der Waals surface area contributed by atoms with E-state index in [1.54, 1.807) is 6.92 Å². The molecule has 2 aromatic heterocycles. The van der Waals surface area contributed by atoms with Crippen LogP contribution in [0, 0.1) is 0 Å². The van der Waals surface area contributed by atoms with Crippen molar-refractivity contribution in [2.24, 2.45) is 0 Å². The van der Waals surface area contributed by atoms with Gasteiger partial charge in [-0.3, -0.25) is 9.48 Å². The second-order valence-corrected chi connectivity index (χ2v) is 5.91. The standard InChI is InChI=1S/C15H16ClF4N5O3/c1-4-24-5-7(9(22-24)15(27)28-3)21-14(26)6(2)25-11(13(19)20)8(16)10(23-25)12(17)18/h5-6,12-13H,4H2,1-3H3,(H,21,26). The maximum absolute atomic E-state index is 13.3. The van der Waals surface area contributed by atoms with Crippen LogP contribution in [0.25, 0.3) is 0 Å². The predicted molar refractivity (Wildman–Crippen MR) is 89.7 cm³/mol. The summed E-state index contributed by atoms with van der Waals surface area (Å²) < 4.78 is 58.8. The minimum atomic E-state index is -3.24. The number of carbonyl (C=O) groups is 2. The van der Waals surface area contributed by atoms with Crippen molar-refractivity contribution in [2.75, 3.05) is 12.4 Å². The third-order valence-corrected chi connectivity index (χ3v) is 4.18. The van der Waals surface area contributed by atoms with Gasteiger partial charge < -0.3 is 10.1 Å². The molecule has 2 aromatic rings. The molecule has 0 saturated heterocycles. The van der Waals surface area contributed by atoms with E-state index in [0.29, 0.717) is 11.2 Å². The smallest absolute Gasteiger partial charge is 0.360 e. The molecule has 1 amide bonds. The number of esters is 1. The molecule has 0 aliphatic heterocycles. The number of nitrogens with one attached hydrogen (secondary N) is 1. The molecular weight excluding hydrogens is 410 g/mol. The molecule has 1 N–H and O–H groups in total. The average Bonchev–Trinajstić information content (AvgIpc) is 3.21. The largest absolute Gasteiger partial charge is 0.464 e.